The second kappa shape index (κ2) is 6.41. The van der Waals surface area contributed by atoms with Crippen molar-refractivity contribution in [1.29, 1.82) is 0 Å². The molecule has 0 saturated heterocycles. The van der Waals surface area contributed by atoms with Gasteiger partial charge in [-0.25, -0.2) is 0 Å². The number of hydrogen-bond donors (Lipinski definition) is 1. The zero-order valence-corrected chi connectivity index (χ0v) is 10.1. The lowest BCUT2D eigenvalue weighted by Gasteiger charge is -2.24. The summed E-state index contributed by atoms with van der Waals surface area (Å²) in [6, 6.07) is 0.871. The van der Waals surface area contributed by atoms with Crippen LogP contribution in [0.25, 0.3) is 0 Å². The Morgan fingerprint density at radius 2 is 1.93 bits per heavy atom. The quantitative estimate of drug-likeness (QED) is 0.658. The van der Waals surface area contributed by atoms with Crippen LogP contribution in [0.3, 0.4) is 0 Å². The van der Waals surface area contributed by atoms with E-state index in [2.05, 4.69) is 31.1 Å². The monoisotopic (exact) mass is 198 g/mol. The maximum Gasteiger partial charge on any atom is 0.0107 e. The Balaban J connectivity index is 1.99. The van der Waals surface area contributed by atoms with Gasteiger partial charge in [-0.2, -0.15) is 0 Å². The summed E-state index contributed by atoms with van der Waals surface area (Å²) >= 11 is 0. The van der Waals surface area contributed by atoms with Gasteiger partial charge >= 0.3 is 0 Å². The Hall–Kier alpha value is -0.0800. The van der Waals surface area contributed by atoms with Crippen LogP contribution in [0.1, 0.15) is 39.5 Å². The van der Waals surface area contributed by atoms with Gasteiger partial charge in [-0.3, -0.25) is 0 Å². The van der Waals surface area contributed by atoms with Crippen molar-refractivity contribution < 1.29 is 0 Å². The molecule has 1 rings (SSSR count). The van der Waals surface area contributed by atoms with Gasteiger partial charge < -0.3 is 10.2 Å². The molecule has 1 aliphatic rings. The molecular weight excluding hydrogens is 172 g/mol. The van der Waals surface area contributed by atoms with Crippen molar-refractivity contribution in [1.82, 2.24) is 10.2 Å². The molecule has 0 amide bonds. The molecule has 0 radical (unpaired) electrons. The maximum absolute atomic E-state index is 3.50. The van der Waals surface area contributed by atoms with Crippen LogP contribution in [0.2, 0.25) is 0 Å². The minimum atomic E-state index is 0.770. The number of nitrogens with one attached hydrogen (secondary N) is 1. The predicted octanol–water partition coefficient (Wildman–Crippen LogP) is 2.11. The van der Waals surface area contributed by atoms with Crippen LogP contribution in [0, 0.1) is 5.92 Å². The van der Waals surface area contributed by atoms with Gasteiger partial charge in [-0.15, -0.1) is 0 Å². The third-order valence-electron chi connectivity index (χ3n) is 3.14. The molecule has 0 unspecified atom stereocenters. The molecular formula is C12H26N2. The first-order chi connectivity index (χ1) is 6.70. The van der Waals surface area contributed by atoms with E-state index in [1.54, 1.807) is 0 Å². The van der Waals surface area contributed by atoms with Crippen LogP contribution in [-0.2, 0) is 0 Å². The zero-order valence-electron chi connectivity index (χ0n) is 10.1. The molecule has 0 aliphatic heterocycles. The Morgan fingerprint density at radius 1 is 1.29 bits per heavy atom. The zero-order chi connectivity index (χ0) is 10.4. The highest BCUT2D eigenvalue weighted by Gasteiger charge is 2.18. The summed E-state index contributed by atoms with van der Waals surface area (Å²) in [5, 5.41) is 3.50. The van der Waals surface area contributed by atoms with Crippen molar-refractivity contribution in [3.63, 3.8) is 0 Å². The van der Waals surface area contributed by atoms with E-state index in [1.807, 2.05) is 0 Å². The normalized spacial score (nSPS) is 18.6. The van der Waals surface area contributed by atoms with Crippen LogP contribution in [0.4, 0.5) is 0 Å². The highest BCUT2D eigenvalue weighted by atomic mass is 15.1. The Labute approximate surface area is 89.1 Å². The highest BCUT2D eigenvalue weighted by molar-refractivity contribution is 4.75. The Kier molecular flexibility index (Phi) is 5.49. The molecule has 84 valence electrons. The molecule has 0 atom stereocenters. The van der Waals surface area contributed by atoms with Gasteiger partial charge in [-0.1, -0.05) is 26.7 Å². The van der Waals surface area contributed by atoms with Crippen molar-refractivity contribution in [3.8, 4) is 0 Å². The molecule has 0 aromatic heterocycles. The third kappa shape index (κ3) is 4.43. The molecule has 2 heteroatoms. The number of rotatable bonds is 6. The first kappa shape index (κ1) is 12.0. The van der Waals surface area contributed by atoms with E-state index in [0.29, 0.717) is 0 Å². The number of likely N-dealkylation sites (N-methyl/N-ethyl adjacent to an activating group) is 1. The van der Waals surface area contributed by atoms with E-state index in [4.69, 9.17) is 0 Å². The average molecular weight is 198 g/mol. The molecule has 2 nitrogen and oxygen atoms in total. The topological polar surface area (TPSA) is 15.3 Å². The summed E-state index contributed by atoms with van der Waals surface area (Å²) in [5.74, 6) is 0.770. The summed E-state index contributed by atoms with van der Waals surface area (Å²) < 4.78 is 0. The van der Waals surface area contributed by atoms with Crippen LogP contribution in [0.5, 0.6) is 0 Å². The fourth-order valence-corrected chi connectivity index (χ4v) is 2.17. The lowest BCUT2D eigenvalue weighted by molar-refractivity contribution is 0.244. The molecule has 1 saturated carbocycles. The lowest BCUT2D eigenvalue weighted by atomic mass is 10.2. The van der Waals surface area contributed by atoms with Crippen LogP contribution in [-0.4, -0.2) is 37.6 Å². The van der Waals surface area contributed by atoms with E-state index >= 15 is 0 Å². The van der Waals surface area contributed by atoms with Crippen molar-refractivity contribution in [2.24, 2.45) is 5.92 Å². The highest BCUT2D eigenvalue weighted by Crippen LogP contribution is 2.21. The van der Waals surface area contributed by atoms with Crippen LogP contribution in [0.15, 0.2) is 0 Å². The second-order valence-electron chi connectivity index (χ2n) is 5.02. The largest absolute Gasteiger partial charge is 0.315 e. The molecule has 0 aromatic rings. The van der Waals surface area contributed by atoms with Crippen molar-refractivity contribution >= 4 is 0 Å². The van der Waals surface area contributed by atoms with Gasteiger partial charge in [-0.05, 0) is 32.4 Å². The Bertz CT molecular complexity index is 139. The van der Waals surface area contributed by atoms with E-state index in [9.17, 15) is 0 Å². The molecule has 0 heterocycles. The van der Waals surface area contributed by atoms with Crippen LogP contribution >= 0.6 is 0 Å². The van der Waals surface area contributed by atoms with Crippen LogP contribution < -0.4 is 5.32 Å². The third-order valence-corrected chi connectivity index (χ3v) is 3.14. The van der Waals surface area contributed by atoms with Gasteiger partial charge in [0.15, 0.2) is 0 Å². The summed E-state index contributed by atoms with van der Waals surface area (Å²) in [6.07, 6.45) is 5.71. The second-order valence-corrected chi connectivity index (χ2v) is 5.02. The standard InChI is InChI=1S/C12H26N2/c1-11(2)10-13-8-9-14(3)12-6-4-5-7-12/h11-13H,4-10H2,1-3H3. The molecule has 1 fully saturated rings. The molecule has 14 heavy (non-hydrogen) atoms. The Morgan fingerprint density at radius 3 is 2.50 bits per heavy atom. The maximum atomic E-state index is 3.50. The minimum absolute atomic E-state index is 0.770. The first-order valence-corrected chi connectivity index (χ1v) is 6.11. The van der Waals surface area contributed by atoms with Gasteiger partial charge in [0.25, 0.3) is 0 Å². The van der Waals surface area contributed by atoms with Crippen molar-refractivity contribution in [2.45, 2.75) is 45.6 Å². The minimum Gasteiger partial charge on any atom is -0.315 e. The average Bonchev–Trinajstić information content (AvgIpc) is 2.64. The molecule has 1 N–H and O–H groups in total. The predicted molar refractivity (Wildman–Crippen MR) is 62.6 cm³/mol. The summed E-state index contributed by atoms with van der Waals surface area (Å²) in [7, 11) is 2.27. The molecule has 0 spiro atoms. The van der Waals surface area contributed by atoms with Gasteiger partial charge in [0.2, 0.25) is 0 Å². The fraction of sp³-hybridized carbons (Fsp3) is 1.00. The number of hydrogen-bond acceptors (Lipinski definition) is 2. The summed E-state index contributed by atoms with van der Waals surface area (Å²) in [4.78, 5) is 2.53. The molecule has 0 aromatic carbocycles. The SMILES string of the molecule is CC(C)CNCCN(C)C1CCCC1. The van der Waals surface area contributed by atoms with E-state index < -0.39 is 0 Å². The molecule has 1 aliphatic carbocycles. The summed E-state index contributed by atoms with van der Waals surface area (Å²) in [6.45, 7) is 8.02. The fourth-order valence-electron chi connectivity index (χ4n) is 2.17. The smallest absolute Gasteiger partial charge is 0.0107 e. The van der Waals surface area contributed by atoms with Gasteiger partial charge in [0.05, 0.1) is 0 Å². The number of nitrogens with zero attached hydrogens (tertiary/aromatic N) is 1. The summed E-state index contributed by atoms with van der Waals surface area (Å²) in [5.41, 5.74) is 0. The first-order valence-electron chi connectivity index (χ1n) is 6.11. The molecule has 0 bridgehead atoms. The van der Waals surface area contributed by atoms with Crippen molar-refractivity contribution in [3.05, 3.63) is 0 Å². The van der Waals surface area contributed by atoms with E-state index in [1.165, 1.54) is 32.2 Å². The van der Waals surface area contributed by atoms with Gasteiger partial charge in [0.1, 0.15) is 0 Å². The van der Waals surface area contributed by atoms with E-state index in [-0.39, 0.29) is 0 Å². The van der Waals surface area contributed by atoms with Gasteiger partial charge in [0, 0.05) is 19.1 Å². The van der Waals surface area contributed by atoms with E-state index in [0.717, 1.165) is 25.0 Å². The lowest BCUT2D eigenvalue weighted by Crippen LogP contribution is -2.36. The van der Waals surface area contributed by atoms with Crippen molar-refractivity contribution in [2.75, 3.05) is 26.7 Å².